The van der Waals surface area contributed by atoms with Crippen molar-refractivity contribution in [2.24, 2.45) is 5.73 Å². The largest absolute Gasteiger partial charge is 0.497 e. The number of nitrogens with zero attached hydrogens (tertiary/aromatic N) is 1. The summed E-state index contributed by atoms with van der Waals surface area (Å²) in [5, 5.41) is 0.738. The summed E-state index contributed by atoms with van der Waals surface area (Å²) in [5.74, 6) is -0.109. The molecule has 5 rings (SSSR count). The minimum Gasteiger partial charge on any atom is -0.497 e. The van der Waals surface area contributed by atoms with Crippen LogP contribution in [0.5, 0.6) is 5.75 Å². The van der Waals surface area contributed by atoms with Crippen molar-refractivity contribution in [2.75, 3.05) is 12.9 Å². The summed E-state index contributed by atoms with van der Waals surface area (Å²) in [5.41, 5.74) is 6.97. The SMILES string of the molecule is COc1ccc(Cl)c(-c2c(C)c(Cc3c(F)cccc3C(F)(F)F)c3n(c2=O)C(C(N)c2ccccc2)CS3)c1. The molecule has 3 aromatic carbocycles. The number of nitrogens with two attached hydrogens (primary N) is 1. The van der Waals surface area contributed by atoms with Crippen LogP contribution in [-0.2, 0) is 12.6 Å². The maximum Gasteiger partial charge on any atom is 0.416 e. The molecule has 2 atom stereocenters. The van der Waals surface area contributed by atoms with Gasteiger partial charge in [0.2, 0.25) is 0 Å². The number of ether oxygens (including phenoxy) is 1. The minimum absolute atomic E-state index is 0.209. The molecule has 0 bridgehead atoms. The fourth-order valence-electron chi connectivity index (χ4n) is 5.22. The van der Waals surface area contributed by atoms with E-state index < -0.39 is 35.2 Å². The summed E-state index contributed by atoms with van der Waals surface area (Å²) in [6.45, 7) is 1.65. The predicted octanol–water partition coefficient (Wildman–Crippen LogP) is 7.58. The van der Waals surface area contributed by atoms with Crippen molar-refractivity contribution in [1.29, 1.82) is 0 Å². The lowest BCUT2D eigenvalue weighted by Crippen LogP contribution is -2.33. The van der Waals surface area contributed by atoms with Gasteiger partial charge in [-0.3, -0.25) is 9.36 Å². The molecule has 2 unspecified atom stereocenters. The Morgan fingerprint density at radius 2 is 1.82 bits per heavy atom. The molecule has 1 aliphatic heterocycles. The summed E-state index contributed by atoms with van der Waals surface area (Å²) >= 11 is 7.89. The van der Waals surface area contributed by atoms with E-state index in [0.29, 0.717) is 33.2 Å². The van der Waals surface area contributed by atoms with E-state index >= 15 is 4.39 Å². The van der Waals surface area contributed by atoms with Crippen LogP contribution in [0.1, 0.15) is 39.9 Å². The Morgan fingerprint density at radius 3 is 2.50 bits per heavy atom. The first-order chi connectivity index (χ1) is 19.0. The molecule has 40 heavy (non-hydrogen) atoms. The van der Waals surface area contributed by atoms with E-state index in [1.165, 1.54) is 18.9 Å². The molecule has 0 aliphatic carbocycles. The normalized spacial score (nSPS) is 15.7. The smallest absolute Gasteiger partial charge is 0.416 e. The van der Waals surface area contributed by atoms with E-state index in [1.807, 2.05) is 30.3 Å². The molecular weight excluding hydrogens is 564 g/mol. The van der Waals surface area contributed by atoms with Gasteiger partial charge in [-0.05, 0) is 53.9 Å². The van der Waals surface area contributed by atoms with Gasteiger partial charge in [-0.2, -0.15) is 13.2 Å². The first-order valence-electron chi connectivity index (χ1n) is 12.4. The van der Waals surface area contributed by atoms with E-state index in [2.05, 4.69) is 0 Å². The van der Waals surface area contributed by atoms with Gasteiger partial charge in [-0.1, -0.05) is 48.0 Å². The van der Waals surface area contributed by atoms with Gasteiger partial charge in [0.15, 0.2) is 0 Å². The molecule has 0 fully saturated rings. The van der Waals surface area contributed by atoms with Crippen molar-refractivity contribution in [1.82, 2.24) is 4.57 Å². The van der Waals surface area contributed by atoms with Crippen LogP contribution >= 0.6 is 23.4 Å². The van der Waals surface area contributed by atoms with Crippen LogP contribution in [0.25, 0.3) is 11.1 Å². The van der Waals surface area contributed by atoms with Crippen molar-refractivity contribution in [3.63, 3.8) is 0 Å². The van der Waals surface area contributed by atoms with Crippen LogP contribution in [0.2, 0.25) is 5.02 Å². The van der Waals surface area contributed by atoms with Crippen molar-refractivity contribution in [3.05, 3.63) is 116 Å². The summed E-state index contributed by atoms with van der Waals surface area (Å²) in [7, 11) is 1.48. The first kappa shape index (κ1) is 28.3. The molecule has 4 nitrogen and oxygen atoms in total. The Kier molecular flexibility index (Phi) is 7.74. The van der Waals surface area contributed by atoms with Crippen LogP contribution in [0.3, 0.4) is 0 Å². The number of halogens is 5. The molecule has 1 aliphatic rings. The van der Waals surface area contributed by atoms with E-state index in [9.17, 15) is 18.0 Å². The van der Waals surface area contributed by atoms with Crippen LogP contribution < -0.4 is 16.0 Å². The lowest BCUT2D eigenvalue weighted by atomic mass is 9.92. The molecule has 2 heterocycles. The van der Waals surface area contributed by atoms with E-state index in [0.717, 1.165) is 23.8 Å². The van der Waals surface area contributed by atoms with E-state index in [4.69, 9.17) is 22.1 Å². The molecule has 10 heteroatoms. The third-order valence-electron chi connectivity index (χ3n) is 7.28. The van der Waals surface area contributed by atoms with Crippen molar-refractivity contribution in [2.45, 2.75) is 36.6 Å². The summed E-state index contributed by atoms with van der Waals surface area (Å²) in [6.07, 6.45) is -5.14. The first-order valence-corrected chi connectivity index (χ1v) is 13.8. The number of methoxy groups -OCH3 is 1. The number of hydrogen-bond acceptors (Lipinski definition) is 4. The Hall–Kier alpha value is -3.27. The van der Waals surface area contributed by atoms with Gasteiger partial charge in [0, 0.05) is 28.3 Å². The van der Waals surface area contributed by atoms with E-state index in [-0.39, 0.29) is 22.6 Å². The van der Waals surface area contributed by atoms with Crippen LogP contribution in [-0.4, -0.2) is 17.4 Å². The maximum atomic E-state index is 15.0. The quantitative estimate of drug-likeness (QED) is 0.236. The van der Waals surface area contributed by atoms with Crippen molar-refractivity contribution < 1.29 is 22.3 Å². The third-order valence-corrected chi connectivity index (χ3v) is 8.83. The number of thioether (sulfide) groups is 1. The molecule has 208 valence electrons. The zero-order valence-corrected chi connectivity index (χ0v) is 23.1. The molecule has 4 aromatic rings. The Labute approximate surface area is 237 Å². The monoisotopic (exact) mass is 588 g/mol. The van der Waals surface area contributed by atoms with Gasteiger partial charge in [-0.15, -0.1) is 11.8 Å². The van der Waals surface area contributed by atoms with Crippen LogP contribution in [0.15, 0.2) is 76.6 Å². The second kappa shape index (κ2) is 11.0. The topological polar surface area (TPSA) is 57.2 Å². The Balaban J connectivity index is 1.79. The van der Waals surface area contributed by atoms with Crippen molar-refractivity contribution in [3.8, 4) is 16.9 Å². The highest BCUT2D eigenvalue weighted by Crippen LogP contribution is 2.45. The molecule has 0 saturated heterocycles. The highest BCUT2D eigenvalue weighted by molar-refractivity contribution is 7.99. The number of rotatable bonds is 6. The molecular formula is C30H25ClF4N2O2S. The molecule has 0 saturated carbocycles. The second-order valence-corrected chi connectivity index (χ2v) is 11.0. The summed E-state index contributed by atoms with van der Waals surface area (Å²) in [4.78, 5) is 14.2. The standard InChI is InChI=1S/C30H25ClF4N2O2S/c1-16-19(14-20-22(30(33,34)35)9-6-10-24(20)32)29-37(25(15-40-29)27(36)17-7-4-3-5-8-17)28(38)26(16)21-13-18(39-2)11-12-23(21)31/h3-13,25,27H,14-15,36H2,1-2H3. The lowest BCUT2D eigenvalue weighted by molar-refractivity contribution is -0.138. The fourth-order valence-corrected chi connectivity index (χ4v) is 6.87. The Bertz CT molecular complexity index is 1640. The lowest BCUT2D eigenvalue weighted by Gasteiger charge is -2.25. The minimum atomic E-state index is -4.76. The van der Waals surface area contributed by atoms with Gasteiger partial charge in [0.1, 0.15) is 11.6 Å². The van der Waals surface area contributed by atoms with Crippen LogP contribution in [0, 0.1) is 12.7 Å². The fraction of sp³-hybridized carbons (Fsp3) is 0.233. The highest BCUT2D eigenvalue weighted by atomic mass is 35.5. The van der Waals surface area contributed by atoms with E-state index in [1.54, 1.807) is 29.7 Å². The number of hydrogen-bond donors (Lipinski definition) is 1. The third kappa shape index (κ3) is 5.02. The number of aromatic nitrogens is 1. The summed E-state index contributed by atoms with van der Waals surface area (Å²) < 4.78 is 63.7. The molecule has 2 N–H and O–H groups in total. The highest BCUT2D eigenvalue weighted by Gasteiger charge is 2.38. The average Bonchev–Trinajstić information content (AvgIpc) is 3.37. The molecule has 0 amide bonds. The van der Waals surface area contributed by atoms with Crippen molar-refractivity contribution >= 4 is 23.4 Å². The zero-order chi connectivity index (χ0) is 28.8. The summed E-state index contributed by atoms with van der Waals surface area (Å²) in [6, 6.07) is 16.0. The second-order valence-electron chi connectivity index (χ2n) is 9.56. The number of fused-ring (bicyclic) bond motifs is 1. The van der Waals surface area contributed by atoms with Gasteiger partial charge in [-0.25, -0.2) is 4.39 Å². The van der Waals surface area contributed by atoms with Crippen LogP contribution in [0.4, 0.5) is 17.6 Å². The molecule has 0 radical (unpaired) electrons. The zero-order valence-electron chi connectivity index (χ0n) is 21.6. The number of pyridine rings is 1. The van der Waals surface area contributed by atoms with Gasteiger partial charge in [0.05, 0.1) is 35.3 Å². The molecule has 0 spiro atoms. The Morgan fingerprint density at radius 1 is 1.10 bits per heavy atom. The van der Waals surface area contributed by atoms with Gasteiger partial charge < -0.3 is 10.5 Å². The van der Waals surface area contributed by atoms with Gasteiger partial charge in [0.25, 0.3) is 5.56 Å². The predicted molar refractivity (Wildman–Crippen MR) is 150 cm³/mol. The number of alkyl halides is 3. The molecule has 1 aromatic heterocycles. The van der Waals surface area contributed by atoms with Gasteiger partial charge >= 0.3 is 6.18 Å². The number of benzene rings is 3. The average molecular weight is 589 g/mol. The maximum absolute atomic E-state index is 15.0.